The standard InChI is InChI=1S/C15H17ClN4O2/c1-9-6-10(2-5-13(9)16)14(15(21)22)17-7-12-8-18-19-20(12)11-3-4-11/h2,5-6,8,11,14,17H,3-4,7H2,1H3,(H,21,22). The van der Waals surface area contributed by atoms with E-state index < -0.39 is 12.0 Å². The largest absolute Gasteiger partial charge is 0.480 e. The van der Waals surface area contributed by atoms with Crippen molar-refractivity contribution in [3.05, 3.63) is 46.2 Å². The topological polar surface area (TPSA) is 80.0 Å². The van der Waals surface area contributed by atoms with E-state index in [2.05, 4.69) is 15.6 Å². The summed E-state index contributed by atoms with van der Waals surface area (Å²) in [6.45, 7) is 2.26. The van der Waals surface area contributed by atoms with Crippen molar-refractivity contribution in [3.8, 4) is 0 Å². The Labute approximate surface area is 133 Å². The van der Waals surface area contributed by atoms with Gasteiger partial charge in [-0.3, -0.25) is 10.1 Å². The first kappa shape index (κ1) is 15.0. The molecule has 2 aromatic rings. The minimum atomic E-state index is -0.924. The molecule has 6 nitrogen and oxygen atoms in total. The maximum absolute atomic E-state index is 11.6. The number of nitrogens with one attached hydrogen (secondary N) is 1. The van der Waals surface area contributed by atoms with Gasteiger partial charge >= 0.3 is 5.97 Å². The molecular formula is C15H17ClN4O2. The molecule has 1 unspecified atom stereocenters. The highest BCUT2D eigenvalue weighted by Crippen LogP contribution is 2.34. The average molecular weight is 321 g/mol. The molecule has 1 aromatic heterocycles. The summed E-state index contributed by atoms with van der Waals surface area (Å²) in [5.41, 5.74) is 2.44. The number of aromatic nitrogens is 3. The number of carboxylic acids is 1. The van der Waals surface area contributed by atoms with E-state index in [4.69, 9.17) is 11.6 Å². The quantitative estimate of drug-likeness (QED) is 0.854. The average Bonchev–Trinajstić information content (AvgIpc) is 3.22. The van der Waals surface area contributed by atoms with Crippen LogP contribution < -0.4 is 5.32 Å². The van der Waals surface area contributed by atoms with Gasteiger partial charge in [-0.2, -0.15) is 0 Å². The van der Waals surface area contributed by atoms with Crippen LogP contribution in [0.1, 0.15) is 41.7 Å². The molecule has 116 valence electrons. The van der Waals surface area contributed by atoms with Gasteiger partial charge in [0.1, 0.15) is 6.04 Å². The Kier molecular flexibility index (Phi) is 4.13. The summed E-state index contributed by atoms with van der Waals surface area (Å²) in [6, 6.07) is 4.88. The van der Waals surface area contributed by atoms with Crippen LogP contribution in [0.25, 0.3) is 0 Å². The van der Waals surface area contributed by atoms with E-state index in [-0.39, 0.29) is 0 Å². The highest BCUT2D eigenvalue weighted by molar-refractivity contribution is 6.31. The molecule has 1 fully saturated rings. The molecular weight excluding hydrogens is 304 g/mol. The zero-order valence-corrected chi connectivity index (χ0v) is 12.9. The Morgan fingerprint density at radius 3 is 2.95 bits per heavy atom. The predicted octanol–water partition coefficient (Wildman–Crippen LogP) is 2.49. The Bertz CT molecular complexity index is 697. The predicted molar refractivity (Wildman–Crippen MR) is 81.7 cm³/mol. The minimum Gasteiger partial charge on any atom is -0.480 e. The molecule has 1 heterocycles. The molecule has 0 spiro atoms. The zero-order chi connectivity index (χ0) is 15.7. The first-order valence-corrected chi connectivity index (χ1v) is 7.55. The normalized spacial score (nSPS) is 15.7. The van der Waals surface area contributed by atoms with E-state index in [1.807, 2.05) is 11.6 Å². The summed E-state index contributed by atoms with van der Waals surface area (Å²) in [5, 5.41) is 21.1. The summed E-state index contributed by atoms with van der Waals surface area (Å²) in [7, 11) is 0. The number of rotatable bonds is 6. The lowest BCUT2D eigenvalue weighted by Crippen LogP contribution is -2.29. The SMILES string of the molecule is Cc1cc(C(NCc2cnnn2C2CC2)C(=O)O)ccc1Cl. The van der Waals surface area contributed by atoms with Gasteiger partial charge in [-0.05, 0) is 37.0 Å². The second-order valence-electron chi connectivity index (χ2n) is 5.56. The monoisotopic (exact) mass is 320 g/mol. The number of aryl methyl sites for hydroxylation is 1. The second kappa shape index (κ2) is 6.06. The smallest absolute Gasteiger partial charge is 0.325 e. The molecule has 0 saturated heterocycles. The van der Waals surface area contributed by atoms with Crippen molar-refractivity contribution < 1.29 is 9.90 Å². The van der Waals surface area contributed by atoms with Crippen LogP contribution in [0.5, 0.6) is 0 Å². The number of nitrogens with zero attached hydrogens (tertiary/aromatic N) is 3. The lowest BCUT2D eigenvalue weighted by molar-refractivity contribution is -0.139. The molecule has 22 heavy (non-hydrogen) atoms. The Morgan fingerprint density at radius 1 is 1.55 bits per heavy atom. The van der Waals surface area contributed by atoms with Gasteiger partial charge in [0.05, 0.1) is 17.9 Å². The van der Waals surface area contributed by atoms with Crippen LogP contribution in [-0.4, -0.2) is 26.1 Å². The third kappa shape index (κ3) is 3.13. The van der Waals surface area contributed by atoms with Crippen molar-refractivity contribution in [2.75, 3.05) is 0 Å². The van der Waals surface area contributed by atoms with Crippen molar-refractivity contribution in [1.29, 1.82) is 0 Å². The number of benzene rings is 1. The Hall–Kier alpha value is -1.92. The van der Waals surface area contributed by atoms with E-state index >= 15 is 0 Å². The molecule has 3 rings (SSSR count). The third-order valence-electron chi connectivity index (χ3n) is 3.79. The van der Waals surface area contributed by atoms with Gasteiger partial charge in [0, 0.05) is 11.6 Å². The summed E-state index contributed by atoms with van der Waals surface area (Å²) in [6.07, 6.45) is 3.89. The van der Waals surface area contributed by atoms with Gasteiger partial charge in [0.25, 0.3) is 0 Å². The summed E-state index contributed by atoms with van der Waals surface area (Å²) < 4.78 is 1.87. The number of carbonyl (C=O) groups is 1. The van der Waals surface area contributed by atoms with Crippen molar-refractivity contribution in [2.24, 2.45) is 0 Å². The van der Waals surface area contributed by atoms with Gasteiger partial charge in [0.2, 0.25) is 0 Å². The third-order valence-corrected chi connectivity index (χ3v) is 4.22. The fourth-order valence-corrected chi connectivity index (χ4v) is 2.54. The van der Waals surface area contributed by atoms with Crippen LogP contribution in [0.15, 0.2) is 24.4 Å². The number of carboxylic acid groups (broad SMARTS) is 1. The minimum absolute atomic E-state index is 0.405. The molecule has 0 aliphatic heterocycles. The van der Waals surface area contributed by atoms with E-state index in [0.29, 0.717) is 23.2 Å². The van der Waals surface area contributed by atoms with Crippen LogP contribution in [0.2, 0.25) is 5.02 Å². The number of aliphatic carboxylic acids is 1. The van der Waals surface area contributed by atoms with Crippen LogP contribution >= 0.6 is 11.6 Å². The summed E-state index contributed by atoms with van der Waals surface area (Å²) in [5.74, 6) is -0.924. The molecule has 1 aromatic carbocycles. The summed E-state index contributed by atoms with van der Waals surface area (Å²) in [4.78, 5) is 11.6. The zero-order valence-electron chi connectivity index (χ0n) is 12.2. The lowest BCUT2D eigenvalue weighted by atomic mass is 10.0. The molecule has 0 bridgehead atoms. The van der Waals surface area contributed by atoms with E-state index in [1.54, 1.807) is 24.4 Å². The molecule has 0 radical (unpaired) electrons. The van der Waals surface area contributed by atoms with Gasteiger partial charge in [-0.15, -0.1) is 5.10 Å². The van der Waals surface area contributed by atoms with Crippen molar-refractivity contribution in [1.82, 2.24) is 20.3 Å². The molecule has 2 N–H and O–H groups in total. The Morgan fingerprint density at radius 2 is 2.32 bits per heavy atom. The van der Waals surface area contributed by atoms with Gasteiger partial charge in [0.15, 0.2) is 0 Å². The van der Waals surface area contributed by atoms with E-state index in [0.717, 1.165) is 24.1 Å². The molecule has 0 amide bonds. The second-order valence-corrected chi connectivity index (χ2v) is 5.97. The van der Waals surface area contributed by atoms with Crippen molar-refractivity contribution in [2.45, 2.75) is 38.4 Å². The highest BCUT2D eigenvalue weighted by Gasteiger charge is 2.27. The Balaban J connectivity index is 1.75. The number of halogens is 1. The maximum Gasteiger partial charge on any atom is 0.325 e. The molecule has 1 atom stereocenters. The van der Waals surface area contributed by atoms with Crippen molar-refractivity contribution in [3.63, 3.8) is 0 Å². The molecule has 1 aliphatic carbocycles. The first-order chi connectivity index (χ1) is 10.6. The van der Waals surface area contributed by atoms with Gasteiger partial charge < -0.3 is 5.11 Å². The van der Waals surface area contributed by atoms with Crippen LogP contribution in [0.3, 0.4) is 0 Å². The van der Waals surface area contributed by atoms with Crippen molar-refractivity contribution >= 4 is 17.6 Å². The van der Waals surface area contributed by atoms with Gasteiger partial charge in [-0.1, -0.05) is 28.9 Å². The van der Waals surface area contributed by atoms with Crippen LogP contribution in [-0.2, 0) is 11.3 Å². The van der Waals surface area contributed by atoms with E-state index in [1.165, 1.54) is 0 Å². The maximum atomic E-state index is 11.6. The molecule has 1 saturated carbocycles. The highest BCUT2D eigenvalue weighted by atomic mass is 35.5. The summed E-state index contributed by atoms with van der Waals surface area (Å²) >= 11 is 6.00. The number of hydrogen-bond donors (Lipinski definition) is 2. The molecule has 1 aliphatic rings. The fourth-order valence-electron chi connectivity index (χ4n) is 2.42. The van der Waals surface area contributed by atoms with Crippen LogP contribution in [0, 0.1) is 6.92 Å². The number of hydrogen-bond acceptors (Lipinski definition) is 4. The fraction of sp³-hybridized carbons (Fsp3) is 0.400. The van der Waals surface area contributed by atoms with E-state index in [9.17, 15) is 9.90 Å². The van der Waals surface area contributed by atoms with Crippen LogP contribution in [0.4, 0.5) is 0 Å². The van der Waals surface area contributed by atoms with Gasteiger partial charge in [-0.25, -0.2) is 4.68 Å². The first-order valence-electron chi connectivity index (χ1n) is 7.17. The molecule has 7 heteroatoms. The lowest BCUT2D eigenvalue weighted by Gasteiger charge is -2.16.